The van der Waals surface area contributed by atoms with Gasteiger partial charge < -0.3 is 23.7 Å². The first-order chi connectivity index (χ1) is 14.3. The molecule has 31 heavy (non-hydrogen) atoms. The Labute approximate surface area is 202 Å². The molecule has 0 saturated carbocycles. The second-order valence-corrected chi connectivity index (χ2v) is 3.44. The van der Waals surface area contributed by atoms with Gasteiger partial charge in [-0.05, 0) is 0 Å². The van der Waals surface area contributed by atoms with Gasteiger partial charge in [0.1, 0.15) is 38.5 Å². The summed E-state index contributed by atoms with van der Waals surface area (Å²) in [6.45, 7) is 27.6. The standard InChI is InChI=1S/C12H18O5.6CO.2Co/c1-4-7-15-10-5-6-11(16-8-13-2)12(10)17-9-14-3;6*1-2;;/h1,5-6,10-12H,7-9H2,2-3H3;;;;;;;;/t10-,11-,12+;;;;;;;;/m1......../s1. The molecule has 0 bridgehead atoms. The van der Waals surface area contributed by atoms with Gasteiger partial charge in [-0.25, -0.2) is 0 Å². The first-order valence-corrected chi connectivity index (χ1v) is 6.50. The van der Waals surface area contributed by atoms with Crippen molar-refractivity contribution in [3.63, 3.8) is 0 Å². The first-order valence-electron chi connectivity index (χ1n) is 6.50. The van der Waals surface area contributed by atoms with Crippen molar-refractivity contribution in [2.45, 2.75) is 18.3 Å². The molecule has 1 rings (SSSR count). The van der Waals surface area contributed by atoms with E-state index in [2.05, 4.69) is 45.8 Å². The Bertz CT molecular complexity index is 458. The first kappa shape index (κ1) is 51.9. The van der Waals surface area contributed by atoms with Gasteiger partial charge in [0.15, 0.2) is 0 Å². The largest absolute Gasteiger partial charge is 0 e. The Morgan fingerprint density at radius 2 is 1.00 bits per heavy atom. The minimum Gasteiger partial charge on any atom is 0 e. The van der Waals surface area contributed by atoms with Crippen LogP contribution in [0.25, 0.3) is 0 Å². The van der Waals surface area contributed by atoms with Gasteiger partial charge >= 0.3 is 67.8 Å². The van der Waals surface area contributed by atoms with E-state index in [0.29, 0.717) is 0 Å². The van der Waals surface area contributed by atoms with E-state index in [9.17, 15) is 0 Å². The van der Waals surface area contributed by atoms with Crippen molar-refractivity contribution < 1.29 is 85.2 Å². The zero-order valence-electron chi connectivity index (χ0n) is 16.2. The summed E-state index contributed by atoms with van der Waals surface area (Å²) in [6, 6.07) is 0. The maximum Gasteiger partial charge on any atom is 0 e. The molecule has 13 heteroatoms. The molecule has 0 saturated heterocycles. The van der Waals surface area contributed by atoms with Crippen LogP contribution < -0.4 is 0 Å². The van der Waals surface area contributed by atoms with E-state index in [1.54, 1.807) is 14.2 Å². The molecule has 0 unspecified atom stereocenters. The van der Waals surface area contributed by atoms with Crippen LogP contribution in [0, 0.1) is 52.2 Å². The molecule has 2 radical (unpaired) electrons. The molecule has 0 aromatic heterocycles. The van der Waals surface area contributed by atoms with Crippen molar-refractivity contribution in [1.82, 2.24) is 0 Å². The number of methoxy groups -OCH3 is 2. The van der Waals surface area contributed by atoms with Crippen LogP contribution in [0.4, 0.5) is 0 Å². The van der Waals surface area contributed by atoms with Crippen LogP contribution in [0.2, 0.25) is 0 Å². The quantitative estimate of drug-likeness (QED) is 0.145. The fourth-order valence-electron chi connectivity index (χ4n) is 1.55. The Hall–Kier alpha value is -1.45. The average molecular weight is 528 g/mol. The van der Waals surface area contributed by atoms with E-state index in [-0.39, 0.29) is 72.1 Å². The van der Waals surface area contributed by atoms with Crippen LogP contribution in [-0.4, -0.2) is 52.7 Å². The van der Waals surface area contributed by atoms with E-state index in [0.717, 1.165) is 0 Å². The van der Waals surface area contributed by atoms with Gasteiger partial charge in [0.25, 0.3) is 0 Å². The van der Waals surface area contributed by atoms with Crippen molar-refractivity contribution in [3.8, 4) is 12.3 Å². The summed E-state index contributed by atoms with van der Waals surface area (Å²) < 4.78 is 71.1. The Kier molecular flexibility index (Phi) is 105. The van der Waals surface area contributed by atoms with E-state index in [4.69, 9.17) is 58.0 Å². The van der Waals surface area contributed by atoms with Crippen LogP contribution in [0.3, 0.4) is 0 Å². The predicted molar refractivity (Wildman–Crippen MR) is 84.8 cm³/mol. The van der Waals surface area contributed by atoms with Gasteiger partial charge in [-0.1, -0.05) is 18.1 Å². The van der Waals surface area contributed by atoms with E-state index in [1.807, 2.05) is 12.2 Å². The molecule has 0 spiro atoms. The number of ether oxygens (including phenoxy) is 5. The molecular weight excluding hydrogens is 510 g/mol. The number of rotatable bonds is 8. The molecule has 0 aromatic carbocycles. The van der Waals surface area contributed by atoms with Crippen LogP contribution in [0.1, 0.15) is 0 Å². The fourth-order valence-corrected chi connectivity index (χ4v) is 1.55. The minimum absolute atomic E-state index is 0. The van der Waals surface area contributed by atoms with Gasteiger partial charge in [-0.2, -0.15) is 0 Å². The SMILES string of the molecule is C#CCO[C@@H]1C=C[C@@H](OCOC)[C@H]1OCOC.[C-]#[O+].[C-]#[O+].[C-]#[O+].[C-]#[O+].[C-]#[O+].[C-]#[O+].[Co].[Co]. The van der Waals surface area contributed by atoms with E-state index < -0.39 is 0 Å². The summed E-state index contributed by atoms with van der Waals surface area (Å²) in [4.78, 5) is 0. The normalized spacial score (nSPS) is 15.3. The van der Waals surface area contributed by atoms with Crippen LogP contribution >= 0.6 is 0 Å². The van der Waals surface area contributed by atoms with Gasteiger partial charge in [0, 0.05) is 47.8 Å². The molecular formula is C18H18Co2O11. The zero-order valence-corrected chi connectivity index (χ0v) is 18.3. The third kappa shape index (κ3) is 36.3. The maximum atomic E-state index is 7.50. The zero-order chi connectivity index (χ0) is 24.5. The smallest absolute Gasteiger partial charge is 0 e. The molecule has 3 atom stereocenters. The van der Waals surface area contributed by atoms with E-state index in [1.165, 1.54) is 0 Å². The second-order valence-electron chi connectivity index (χ2n) is 3.44. The molecule has 0 amide bonds. The Morgan fingerprint density at radius 3 is 1.32 bits per heavy atom. The van der Waals surface area contributed by atoms with Gasteiger partial charge in [0.2, 0.25) is 0 Å². The van der Waals surface area contributed by atoms with Crippen LogP contribution in [0.5, 0.6) is 0 Å². The monoisotopic (exact) mass is 528 g/mol. The molecule has 0 heterocycles. The fraction of sp³-hybridized carbons (Fsp3) is 0.444. The minimum atomic E-state index is -0.265. The Morgan fingerprint density at radius 1 is 0.677 bits per heavy atom. The third-order valence-corrected chi connectivity index (χ3v) is 2.25. The number of terminal acetylenes is 1. The molecule has 0 N–H and O–H groups in total. The number of hydrogen-bond acceptors (Lipinski definition) is 5. The number of hydrogen-bond donors (Lipinski definition) is 0. The van der Waals surface area contributed by atoms with Gasteiger partial charge in [-0.15, -0.1) is 6.42 Å². The summed E-state index contributed by atoms with van der Waals surface area (Å²) in [5, 5.41) is 0. The van der Waals surface area contributed by atoms with Crippen molar-refractivity contribution in [1.29, 1.82) is 0 Å². The summed E-state index contributed by atoms with van der Waals surface area (Å²) in [6.07, 6.45) is 8.20. The summed E-state index contributed by atoms with van der Waals surface area (Å²) in [5.74, 6) is 2.42. The molecule has 1 aliphatic carbocycles. The van der Waals surface area contributed by atoms with E-state index >= 15 is 0 Å². The van der Waals surface area contributed by atoms with Gasteiger partial charge in [-0.3, -0.25) is 0 Å². The molecule has 1 aliphatic rings. The second kappa shape index (κ2) is 63.0. The van der Waals surface area contributed by atoms with Crippen molar-refractivity contribution in [3.05, 3.63) is 52.1 Å². The molecule has 0 aromatic rings. The van der Waals surface area contributed by atoms with Crippen molar-refractivity contribution in [2.24, 2.45) is 0 Å². The topological polar surface area (TPSA) is 166 Å². The summed E-state index contributed by atoms with van der Waals surface area (Å²) in [5.41, 5.74) is 0. The third-order valence-electron chi connectivity index (χ3n) is 2.25. The van der Waals surface area contributed by atoms with Crippen LogP contribution in [0.15, 0.2) is 12.2 Å². The summed E-state index contributed by atoms with van der Waals surface area (Å²) >= 11 is 0. The average Bonchev–Trinajstić information content (AvgIpc) is 3.24. The van der Waals surface area contributed by atoms with Crippen LogP contribution in [-0.2, 0) is 85.2 Å². The van der Waals surface area contributed by atoms with Crippen molar-refractivity contribution >= 4 is 0 Å². The maximum absolute atomic E-state index is 7.50. The predicted octanol–water partition coefficient (Wildman–Crippen LogP) is 0.323. The molecule has 174 valence electrons. The summed E-state index contributed by atoms with van der Waals surface area (Å²) in [7, 11) is 3.13. The molecule has 11 nitrogen and oxygen atoms in total. The van der Waals surface area contributed by atoms with Gasteiger partial charge in [0.05, 0.1) is 0 Å². The van der Waals surface area contributed by atoms with Crippen molar-refractivity contribution in [2.75, 3.05) is 34.4 Å². The Balaban J connectivity index is -0.0000000545. The molecule has 0 fully saturated rings. The molecule has 0 aliphatic heterocycles.